The molecule has 2 saturated carbocycles. The molecular weight excluding hydrogens is 267 g/mol. The van der Waals surface area contributed by atoms with Crippen LogP contribution in [0.25, 0.3) is 0 Å². The minimum Gasteiger partial charge on any atom is -0.293 e. The molecule has 18 heavy (non-hydrogen) atoms. The van der Waals surface area contributed by atoms with Gasteiger partial charge >= 0.3 is 0 Å². The summed E-state index contributed by atoms with van der Waals surface area (Å²) in [6, 6.07) is 5.32. The van der Waals surface area contributed by atoms with Gasteiger partial charge < -0.3 is 0 Å². The van der Waals surface area contributed by atoms with Crippen molar-refractivity contribution in [3.63, 3.8) is 0 Å². The second kappa shape index (κ2) is 4.99. The van der Waals surface area contributed by atoms with E-state index in [2.05, 4.69) is 16.8 Å². The number of rotatable bonds is 5. The summed E-state index contributed by atoms with van der Waals surface area (Å²) in [6.45, 7) is 3.31. The average Bonchev–Trinajstić information content (AvgIpc) is 3.16. The monoisotopic (exact) mass is 284 g/mol. The Morgan fingerprint density at radius 2 is 1.83 bits per heavy atom. The molecule has 2 aliphatic carbocycles. The van der Waals surface area contributed by atoms with Gasteiger partial charge in [-0.2, -0.15) is 0 Å². The van der Waals surface area contributed by atoms with Gasteiger partial charge in [-0.3, -0.25) is 4.90 Å². The zero-order valence-electron chi connectivity index (χ0n) is 10.6. The smallest absolute Gasteiger partial charge is 0.131 e. The van der Waals surface area contributed by atoms with Gasteiger partial charge in [-0.15, -0.1) is 0 Å². The van der Waals surface area contributed by atoms with Crippen molar-refractivity contribution < 1.29 is 0 Å². The SMILES string of the molecule is CC(C1CC1)N(Cc1cc(Cl)nc(Cl)c1)C1CC1. The van der Waals surface area contributed by atoms with Gasteiger partial charge in [-0.05, 0) is 56.2 Å². The molecule has 0 aromatic carbocycles. The number of halogens is 2. The first-order chi connectivity index (χ1) is 8.63. The molecule has 1 unspecified atom stereocenters. The van der Waals surface area contributed by atoms with Crippen LogP contribution in [-0.4, -0.2) is 22.0 Å². The molecule has 1 heterocycles. The third kappa shape index (κ3) is 2.98. The molecule has 2 nitrogen and oxygen atoms in total. The van der Waals surface area contributed by atoms with Gasteiger partial charge in [-0.1, -0.05) is 23.2 Å². The molecule has 98 valence electrons. The fourth-order valence-corrected chi connectivity index (χ4v) is 3.18. The maximum absolute atomic E-state index is 5.97. The van der Waals surface area contributed by atoms with Crippen molar-refractivity contribution in [3.05, 3.63) is 28.0 Å². The highest BCUT2D eigenvalue weighted by Gasteiger charge is 2.38. The molecule has 0 spiro atoms. The van der Waals surface area contributed by atoms with Crippen LogP contribution in [0, 0.1) is 5.92 Å². The summed E-state index contributed by atoms with van der Waals surface area (Å²) in [5, 5.41) is 0.986. The fraction of sp³-hybridized carbons (Fsp3) is 0.643. The van der Waals surface area contributed by atoms with Crippen molar-refractivity contribution in [2.24, 2.45) is 5.92 Å². The van der Waals surface area contributed by atoms with Crippen molar-refractivity contribution in [2.45, 2.75) is 51.2 Å². The van der Waals surface area contributed by atoms with E-state index in [1.54, 1.807) is 0 Å². The molecule has 2 aliphatic rings. The van der Waals surface area contributed by atoms with Crippen molar-refractivity contribution in [2.75, 3.05) is 0 Å². The Morgan fingerprint density at radius 1 is 1.22 bits per heavy atom. The van der Waals surface area contributed by atoms with E-state index in [9.17, 15) is 0 Å². The lowest BCUT2D eigenvalue weighted by molar-refractivity contribution is 0.170. The maximum atomic E-state index is 5.97. The molecule has 0 bridgehead atoms. The largest absolute Gasteiger partial charge is 0.293 e. The molecule has 1 aromatic rings. The predicted octanol–water partition coefficient (Wildman–Crippen LogP) is 4.15. The lowest BCUT2D eigenvalue weighted by Crippen LogP contribution is -2.36. The molecule has 0 amide bonds. The van der Waals surface area contributed by atoms with Gasteiger partial charge in [-0.25, -0.2) is 4.98 Å². The molecule has 4 heteroatoms. The van der Waals surface area contributed by atoms with Gasteiger partial charge in [0.05, 0.1) is 0 Å². The van der Waals surface area contributed by atoms with Crippen LogP contribution in [0.2, 0.25) is 10.3 Å². The van der Waals surface area contributed by atoms with E-state index >= 15 is 0 Å². The van der Waals surface area contributed by atoms with E-state index in [1.165, 1.54) is 31.2 Å². The van der Waals surface area contributed by atoms with Gasteiger partial charge in [0.1, 0.15) is 10.3 Å². The Kier molecular flexibility index (Phi) is 3.52. The predicted molar refractivity (Wildman–Crippen MR) is 75.0 cm³/mol. The molecular formula is C14H18Cl2N2. The molecule has 0 N–H and O–H groups in total. The number of aromatic nitrogens is 1. The molecule has 0 saturated heterocycles. The van der Waals surface area contributed by atoms with Gasteiger partial charge in [0.25, 0.3) is 0 Å². The fourth-order valence-electron chi connectivity index (χ4n) is 2.68. The molecule has 1 aromatic heterocycles. The first-order valence-corrected chi connectivity index (χ1v) is 7.47. The van der Waals surface area contributed by atoms with Crippen LogP contribution in [-0.2, 0) is 6.54 Å². The second-order valence-electron chi connectivity index (χ2n) is 5.60. The molecule has 3 rings (SSSR count). The van der Waals surface area contributed by atoms with Crippen molar-refractivity contribution in [3.8, 4) is 0 Å². The van der Waals surface area contributed by atoms with E-state index in [4.69, 9.17) is 23.2 Å². The van der Waals surface area contributed by atoms with Crippen LogP contribution in [0.15, 0.2) is 12.1 Å². The lowest BCUT2D eigenvalue weighted by Gasteiger charge is -2.29. The van der Waals surface area contributed by atoms with E-state index in [1.807, 2.05) is 12.1 Å². The van der Waals surface area contributed by atoms with Crippen LogP contribution < -0.4 is 0 Å². The summed E-state index contributed by atoms with van der Waals surface area (Å²) in [6.07, 6.45) is 5.46. The molecule has 0 radical (unpaired) electrons. The van der Waals surface area contributed by atoms with Crippen molar-refractivity contribution in [1.29, 1.82) is 0 Å². The molecule has 2 fully saturated rings. The number of hydrogen-bond donors (Lipinski definition) is 0. The van der Waals surface area contributed by atoms with Crippen LogP contribution in [0.5, 0.6) is 0 Å². The minimum absolute atomic E-state index is 0.493. The third-order valence-corrected chi connectivity index (χ3v) is 4.42. The number of nitrogens with zero attached hydrogens (tertiary/aromatic N) is 2. The first-order valence-electron chi connectivity index (χ1n) is 6.71. The van der Waals surface area contributed by atoms with Crippen LogP contribution in [0.1, 0.15) is 38.2 Å². The van der Waals surface area contributed by atoms with Gasteiger partial charge in [0.15, 0.2) is 0 Å². The van der Waals surface area contributed by atoms with E-state index in [0.717, 1.165) is 18.5 Å². The van der Waals surface area contributed by atoms with E-state index in [0.29, 0.717) is 16.3 Å². The minimum atomic E-state index is 0.493. The number of hydrogen-bond acceptors (Lipinski definition) is 2. The Balaban J connectivity index is 1.74. The Labute approximate surface area is 118 Å². The standard InChI is InChI=1S/C14H18Cl2N2/c1-9(11-2-3-11)18(12-4-5-12)8-10-6-13(15)17-14(16)7-10/h6-7,9,11-12H,2-5,8H2,1H3. The Bertz CT molecular complexity index is 421. The summed E-state index contributed by atoms with van der Waals surface area (Å²) in [7, 11) is 0. The number of pyridine rings is 1. The highest BCUT2D eigenvalue weighted by molar-refractivity contribution is 6.32. The summed E-state index contributed by atoms with van der Waals surface area (Å²) in [5.41, 5.74) is 1.18. The van der Waals surface area contributed by atoms with Crippen molar-refractivity contribution in [1.82, 2.24) is 9.88 Å². The highest BCUT2D eigenvalue weighted by atomic mass is 35.5. The topological polar surface area (TPSA) is 16.1 Å². The zero-order valence-corrected chi connectivity index (χ0v) is 12.1. The second-order valence-corrected chi connectivity index (χ2v) is 6.38. The molecule has 0 aliphatic heterocycles. The summed E-state index contributed by atoms with van der Waals surface area (Å²) < 4.78 is 0. The average molecular weight is 285 g/mol. The van der Waals surface area contributed by atoms with Crippen LogP contribution in [0.4, 0.5) is 0 Å². The zero-order chi connectivity index (χ0) is 12.7. The van der Waals surface area contributed by atoms with Crippen LogP contribution >= 0.6 is 23.2 Å². The summed E-state index contributed by atoms with van der Waals surface area (Å²) in [5.74, 6) is 0.901. The lowest BCUT2D eigenvalue weighted by atomic mass is 10.1. The normalized spacial score (nSPS) is 21.3. The van der Waals surface area contributed by atoms with E-state index in [-0.39, 0.29) is 0 Å². The third-order valence-electron chi connectivity index (χ3n) is 4.03. The first kappa shape index (κ1) is 12.7. The maximum Gasteiger partial charge on any atom is 0.131 e. The van der Waals surface area contributed by atoms with Gasteiger partial charge in [0.2, 0.25) is 0 Å². The van der Waals surface area contributed by atoms with E-state index < -0.39 is 0 Å². The Morgan fingerprint density at radius 3 is 2.33 bits per heavy atom. The molecule has 1 atom stereocenters. The summed E-state index contributed by atoms with van der Waals surface area (Å²) in [4.78, 5) is 6.63. The van der Waals surface area contributed by atoms with Gasteiger partial charge in [0, 0.05) is 18.6 Å². The Hall–Kier alpha value is -0.310. The summed E-state index contributed by atoms with van der Waals surface area (Å²) >= 11 is 11.9. The van der Waals surface area contributed by atoms with Crippen LogP contribution in [0.3, 0.4) is 0 Å². The quantitative estimate of drug-likeness (QED) is 0.755. The highest BCUT2D eigenvalue weighted by Crippen LogP contribution is 2.40. The van der Waals surface area contributed by atoms with Crippen molar-refractivity contribution >= 4 is 23.2 Å².